The van der Waals surface area contributed by atoms with Gasteiger partial charge in [0.25, 0.3) is 0 Å². The van der Waals surface area contributed by atoms with Crippen molar-refractivity contribution < 1.29 is 9.47 Å². The molecule has 1 heterocycles. The highest BCUT2D eigenvalue weighted by atomic mass is 35.5. The van der Waals surface area contributed by atoms with E-state index in [1.54, 1.807) is 13.2 Å². The number of hydrogen-bond donors (Lipinski definition) is 1. The van der Waals surface area contributed by atoms with Gasteiger partial charge in [-0.3, -0.25) is 0 Å². The zero-order valence-electron chi connectivity index (χ0n) is 12.1. The molecule has 0 bridgehead atoms. The van der Waals surface area contributed by atoms with Gasteiger partial charge in [-0.05, 0) is 31.6 Å². The number of methoxy groups -OCH3 is 1. The maximum atomic E-state index is 6.01. The first-order chi connectivity index (χ1) is 9.67. The lowest BCUT2D eigenvalue weighted by Crippen LogP contribution is -2.18. The molecule has 1 aliphatic rings. The van der Waals surface area contributed by atoms with Crippen LogP contribution >= 0.6 is 11.6 Å². The average molecular weight is 300 g/mol. The van der Waals surface area contributed by atoms with Crippen LogP contribution in [0.3, 0.4) is 0 Å². The van der Waals surface area contributed by atoms with Crippen LogP contribution in [-0.2, 0) is 16.1 Å². The molecular weight excluding hydrogens is 278 g/mol. The van der Waals surface area contributed by atoms with Crippen molar-refractivity contribution in [1.82, 2.24) is 9.97 Å². The van der Waals surface area contributed by atoms with Crippen LogP contribution in [0.5, 0.6) is 0 Å². The zero-order valence-corrected chi connectivity index (χ0v) is 12.9. The first kappa shape index (κ1) is 15.5. The van der Waals surface area contributed by atoms with Gasteiger partial charge in [-0.25, -0.2) is 9.97 Å². The van der Waals surface area contributed by atoms with Crippen LogP contribution in [0.25, 0.3) is 0 Å². The molecule has 1 fully saturated rings. The predicted molar refractivity (Wildman–Crippen MR) is 79.0 cm³/mol. The molecule has 0 saturated heterocycles. The summed E-state index contributed by atoms with van der Waals surface area (Å²) in [6.45, 7) is 4.68. The summed E-state index contributed by atoms with van der Waals surface area (Å²) in [4.78, 5) is 8.57. The Morgan fingerprint density at radius 1 is 1.40 bits per heavy atom. The molecule has 0 spiro atoms. The lowest BCUT2D eigenvalue weighted by atomic mass is 10.0. The van der Waals surface area contributed by atoms with E-state index < -0.39 is 0 Å². The van der Waals surface area contributed by atoms with Crippen molar-refractivity contribution in [3.8, 4) is 0 Å². The Labute approximate surface area is 125 Å². The van der Waals surface area contributed by atoms with Crippen molar-refractivity contribution in [3.05, 3.63) is 17.0 Å². The molecule has 1 aromatic heterocycles. The van der Waals surface area contributed by atoms with Crippen molar-refractivity contribution >= 4 is 17.4 Å². The van der Waals surface area contributed by atoms with Crippen LogP contribution in [0.15, 0.2) is 6.07 Å². The molecule has 2 rings (SSSR count). The Morgan fingerprint density at radius 2 is 2.20 bits per heavy atom. The molecule has 0 radical (unpaired) electrons. The smallest absolute Gasteiger partial charge is 0.158 e. The Kier molecular flexibility index (Phi) is 5.57. The second kappa shape index (κ2) is 7.20. The van der Waals surface area contributed by atoms with E-state index >= 15 is 0 Å². The summed E-state index contributed by atoms with van der Waals surface area (Å²) >= 11 is 6.01. The molecule has 0 aliphatic heterocycles. The van der Waals surface area contributed by atoms with Gasteiger partial charge in [-0.2, -0.15) is 0 Å². The molecule has 0 aromatic carbocycles. The molecule has 20 heavy (non-hydrogen) atoms. The van der Waals surface area contributed by atoms with E-state index in [0.717, 1.165) is 25.4 Å². The van der Waals surface area contributed by atoms with Gasteiger partial charge in [0.1, 0.15) is 17.6 Å². The number of nitrogens with zero attached hydrogens (tertiary/aromatic N) is 2. The van der Waals surface area contributed by atoms with Gasteiger partial charge in [-0.1, -0.05) is 11.6 Å². The number of aromatic nitrogens is 2. The van der Waals surface area contributed by atoms with E-state index in [-0.39, 0.29) is 0 Å². The molecule has 1 aliphatic carbocycles. The number of rotatable bonds is 9. The van der Waals surface area contributed by atoms with E-state index in [4.69, 9.17) is 21.1 Å². The molecular formula is C14H22ClN3O2. The third-order valence-electron chi connectivity index (χ3n) is 3.61. The minimum atomic E-state index is 0.369. The van der Waals surface area contributed by atoms with Crippen LogP contribution in [0.4, 0.5) is 5.82 Å². The summed E-state index contributed by atoms with van der Waals surface area (Å²) in [6.07, 6.45) is 3.57. The third-order valence-corrected chi connectivity index (χ3v) is 3.81. The molecule has 0 amide bonds. The predicted octanol–water partition coefficient (Wildman–Crippen LogP) is 2.90. The first-order valence-corrected chi connectivity index (χ1v) is 7.39. The molecule has 0 unspecified atom stereocenters. The van der Waals surface area contributed by atoms with Gasteiger partial charge in [0.05, 0.1) is 0 Å². The monoisotopic (exact) mass is 299 g/mol. The standard InChI is InChI=1S/C14H22ClN3O2/c1-3-20-9-13-17-11(15)8-12(18-13)16-10-14(4-5-14)6-7-19-2/h8H,3-7,9-10H2,1-2H3,(H,16,17,18). The van der Waals surface area contributed by atoms with Crippen LogP contribution in [0, 0.1) is 5.41 Å². The number of anilines is 1. The number of ether oxygens (including phenoxy) is 2. The highest BCUT2D eigenvalue weighted by molar-refractivity contribution is 6.29. The molecule has 1 saturated carbocycles. The Morgan fingerprint density at radius 3 is 2.85 bits per heavy atom. The summed E-state index contributed by atoms with van der Waals surface area (Å²) < 4.78 is 10.5. The van der Waals surface area contributed by atoms with Gasteiger partial charge >= 0.3 is 0 Å². The fraction of sp³-hybridized carbons (Fsp3) is 0.714. The van der Waals surface area contributed by atoms with Gasteiger partial charge in [0, 0.05) is 32.9 Å². The largest absolute Gasteiger partial charge is 0.385 e. The third kappa shape index (κ3) is 4.58. The van der Waals surface area contributed by atoms with E-state index in [1.165, 1.54) is 12.8 Å². The molecule has 6 heteroatoms. The van der Waals surface area contributed by atoms with E-state index in [0.29, 0.717) is 29.6 Å². The molecule has 1 aromatic rings. The van der Waals surface area contributed by atoms with Crippen molar-refractivity contribution in [2.45, 2.75) is 32.8 Å². The van der Waals surface area contributed by atoms with E-state index in [2.05, 4.69) is 15.3 Å². The fourth-order valence-electron chi connectivity index (χ4n) is 2.10. The molecule has 0 atom stereocenters. The van der Waals surface area contributed by atoms with Crippen molar-refractivity contribution in [3.63, 3.8) is 0 Å². The summed E-state index contributed by atoms with van der Waals surface area (Å²) in [7, 11) is 1.74. The van der Waals surface area contributed by atoms with Gasteiger partial charge in [-0.15, -0.1) is 0 Å². The van der Waals surface area contributed by atoms with E-state index in [9.17, 15) is 0 Å². The lowest BCUT2D eigenvalue weighted by molar-refractivity contribution is 0.128. The average Bonchev–Trinajstić information content (AvgIpc) is 3.21. The van der Waals surface area contributed by atoms with Crippen molar-refractivity contribution in [1.29, 1.82) is 0 Å². The Balaban J connectivity index is 1.90. The summed E-state index contributed by atoms with van der Waals surface area (Å²) in [5.41, 5.74) is 0.369. The maximum Gasteiger partial charge on any atom is 0.158 e. The highest BCUT2D eigenvalue weighted by Crippen LogP contribution is 2.48. The Hall–Kier alpha value is -0.910. The summed E-state index contributed by atoms with van der Waals surface area (Å²) in [6, 6.07) is 1.75. The van der Waals surface area contributed by atoms with Crippen LogP contribution in [-0.4, -0.2) is 36.8 Å². The van der Waals surface area contributed by atoms with Crippen molar-refractivity contribution in [2.24, 2.45) is 5.41 Å². The van der Waals surface area contributed by atoms with E-state index in [1.807, 2.05) is 6.92 Å². The van der Waals surface area contributed by atoms with Crippen LogP contribution in [0.2, 0.25) is 5.15 Å². The normalized spacial score (nSPS) is 16.1. The van der Waals surface area contributed by atoms with Gasteiger partial charge < -0.3 is 14.8 Å². The molecule has 112 valence electrons. The first-order valence-electron chi connectivity index (χ1n) is 7.01. The summed E-state index contributed by atoms with van der Waals surface area (Å²) in [5.74, 6) is 1.38. The summed E-state index contributed by atoms with van der Waals surface area (Å²) in [5, 5.41) is 3.81. The molecule has 5 nitrogen and oxygen atoms in total. The van der Waals surface area contributed by atoms with Crippen LogP contribution in [0.1, 0.15) is 32.0 Å². The second-order valence-electron chi connectivity index (χ2n) is 5.23. The lowest BCUT2D eigenvalue weighted by Gasteiger charge is -2.16. The topological polar surface area (TPSA) is 56.3 Å². The fourth-order valence-corrected chi connectivity index (χ4v) is 2.30. The highest BCUT2D eigenvalue weighted by Gasteiger charge is 2.41. The SMILES string of the molecule is CCOCc1nc(Cl)cc(NCC2(CCOC)CC2)n1. The number of hydrogen-bond acceptors (Lipinski definition) is 5. The van der Waals surface area contributed by atoms with Crippen molar-refractivity contribution in [2.75, 3.05) is 32.2 Å². The minimum Gasteiger partial charge on any atom is -0.385 e. The quantitative estimate of drug-likeness (QED) is 0.711. The van der Waals surface area contributed by atoms with Crippen LogP contribution < -0.4 is 5.32 Å². The maximum absolute atomic E-state index is 6.01. The number of halogens is 1. The van der Waals surface area contributed by atoms with Gasteiger partial charge in [0.2, 0.25) is 0 Å². The zero-order chi connectivity index (χ0) is 14.4. The van der Waals surface area contributed by atoms with Gasteiger partial charge in [0.15, 0.2) is 5.82 Å². The second-order valence-corrected chi connectivity index (χ2v) is 5.61. The Bertz CT molecular complexity index is 438. The number of nitrogens with one attached hydrogen (secondary N) is 1. The molecule has 1 N–H and O–H groups in total. The minimum absolute atomic E-state index is 0.369.